The molecule has 1 atom stereocenters. The maximum absolute atomic E-state index is 15.3. The summed E-state index contributed by atoms with van der Waals surface area (Å²) in [6.45, 7) is 1.78. The van der Waals surface area contributed by atoms with Crippen LogP contribution in [-0.4, -0.2) is 27.6 Å². The summed E-state index contributed by atoms with van der Waals surface area (Å²) in [5.41, 5.74) is 3.64. The molecule has 1 saturated carbocycles. The van der Waals surface area contributed by atoms with E-state index in [2.05, 4.69) is 16.7 Å². The van der Waals surface area contributed by atoms with Gasteiger partial charge in [0.2, 0.25) is 0 Å². The second kappa shape index (κ2) is 12.0. The van der Waals surface area contributed by atoms with Crippen molar-refractivity contribution < 1.29 is 53.7 Å². The average Bonchev–Trinajstić information content (AvgIpc) is 3.63. The van der Waals surface area contributed by atoms with Gasteiger partial charge < -0.3 is 15.0 Å². The van der Waals surface area contributed by atoms with Gasteiger partial charge >= 0.3 is 35.7 Å². The number of nitrogens with zero attached hydrogens (tertiary/aromatic N) is 2. The molecule has 1 heterocycles. The number of benzene rings is 3. The molecule has 5 rings (SSSR count). The van der Waals surface area contributed by atoms with Crippen molar-refractivity contribution >= 4 is 18.2 Å². The number of carbonyl (C=O) groups is 1. The molecular weight excluding hydrogens is 496 g/mol. The summed E-state index contributed by atoms with van der Waals surface area (Å²) in [5, 5.41) is 6.90. The number of hydrogen-bond acceptors (Lipinski definition) is 5. The standard InChI is InChI=1S/C29H25FN3O3.Na.H2O/c1-19(20-6-4-3-5-7-20)36-28(35)32-27-25(17-31-33(27)2)24-13-10-22(16-26(24)30)21-8-11-23(12-9-21)29(18-34)14-15-29;;/h3-13,16-17,19H,14-15H2,1-2H3,(H,32,35);;1H2/q-1;+1;/p-1/t19-;;/m1../s1. The van der Waals surface area contributed by atoms with Crippen LogP contribution >= 0.6 is 0 Å². The van der Waals surface area contributed by atoms with E-state index in [1.54, 1.807) is 20.0 Å². The smallest absolute Gasteiger partial charge is 0.870 e. The Kier molecular flexibility index (Phi) is 9.27. The van der Waals surface area contributed by atoms with E-state index in [-0.39, 0.29) is 35.0 Å². The zero-order valence-corrected chi connectivity index (χ0v) is 23.4. The van der Waals surface area contributed by atoms with Gasteiger partial charge in [-0.15, -0.1) is 5.41 Å². The van der Waals surface area contributed by atoms with Gasteiger partial charge in [0.15, 0.2) is 0 Å². The van der Waals surface area contributed by atoms with Gasteiger partial charge in [-0.2, -0.15) is 5.10 Å². The molecule has 2 N–H and O–H groups in total. The van der Waals surface area contributed by atoms with Crippen molar-refractivity contribution in [3.8, 4) is 22.3 Å². The number of carbonyl (C=O) groups excluding carboxylic acids is 2. The first kappa shape index (κ1) is 29.3. The quantitative estimate of drug-likeness (QED) is 0.297. The van der Waals surface area contributed by atoms with Crippen LogP contribution in [0.15, 0.2) is 79.0 Å². The van der Waals surface area contributed by atoms with Gasteiger partial charge in [0.05, 0.1) is 6.20 Å². The number of aromatic nitrogens is 2. The molecule has 0 bridgehead atoms. The zero-order valence-electron chi connectivity index (χ0n) is 21.4. The summed E-state index contributed by atoms with van der Waals surface area (Å²) in [6, 6.07) is 21.9. The minimum Gasteiger partial charge on any atom is -0.870 e. The molecular formula is C29H26FN3NaO4-. The molecule has 7 nitrogen and oxygen atoms in total. The number of amides is 1. The third-order valence-electron chi connectivity index (χ3n) is 6.69. The van der Waals surface area contributed by atoms with Crippen LogP contribution in [0.5, 0.6) is 0 Å². The Morgan fingerprint density at radius 2 is 1.71 bits per heavy atom. The molecule has 0 unspecified atom stereocenters. The fourth-order valence-electron chi connectivity index (χ4n) is 4.33. The molecule has 1 aliphatic carbocycles. The van der Waals surface area contributed by atoms with Gasteiger partial charge in [0.25, 0.3) is 0 Å². The number of nitrogens with one attached hydrogen (secondary N) is 1. The van der Waals surface area contributed by atoms with Crippen molar-refractivity contribution in [2.75, 3.05) is 5.32 Å². The molecule has 3 aromatic carbocycles. The van der Waals surface area contributed by atoms with Crippen LogP contribution in [0.4, 0.5) is 15.0 Å². The van der Waals surface area contributed by atoms with Crippen LogP contribution in [0.1, 0.15) is 37.0 Å². The van der Waals surface area contributed by atoms with E-state index >= 15 is 4.39 Å². The summed E-state index contributed by atoms with van der Waals surface area (Å²) >= 11 is 0. The predicted molar refractivity (Wildman–Crippen MR) is 138 cm³/mol. The molecule has 4 aromatic rings. The van der Waals surface area contributed by atoms with Gasteiger partial charge in [-0.05, 0) is 29.7 Å². The summed E-state index contributed by atoms with van der Waals surface area (Å²) < 4.78 is 22.2. The van der Waals surface area contributed by atoms with E-state index in [1.165, 1.54) is 16.9 Å². The molecule has 1 fully saturated rings. The van der Waals surface area contributed by atoms with Gasteiger partial charge in [-0.3, -0.25) is 16.3 Å². The number of ether oxygens (including phenoxy) is 1. The van der Waals surface area contributed by atoms with E-state index in [1.807, 2.05) is 60.7 Å². The van der Waals surface area contributed by atoms with Gasteiger partial charge in [0, 0.05) is 18.2 Å². The fourth-order valence-corrected chi connectivity index (χ4v) is 4.33. The summed E-state index contributed by atoms with van der Waals surface area (Å²) in [6.07, 6.45) is 4.18. The molecule has 0 radical (unpaired) electrons. The normalized spacial score (nSPS) is 13.9. The van der Waals surface area contributed by atoms with Crippen molar-refractivity contribution in [2.45, 2.75) is 31.3 Å². The monoisotopic (exact) mass is 522 g/mol. The number of anilines is 1. The van der Waals surface area contributed by atoms with Crippen LogP contribution in [0.3, 0.4) is 0 Å². The Labute approximate surface area is 242 Å². The van der Waals surface area contributed by atoms with Crippen molar-refractivity contribution in [3.05, 3.63) is 95.9 Å². The van der Waals surface area contributed by atoms with Gasteiger partial charge in [-0.25, -0.2) is 9.18 Å². The molecule has 0 spiro atoms. The fraction of sp³-hybridized carbons (Fsp3) is 0.207. The van der Waals surface area contributed by atoms with E-state index in [0.29, 0.717) is 22.5 Å². The Balaban J connectivity index is 0.00000200. The molecule has 38 heavy (non-hydrogen) atoms. The van der Waals surface area contributed by atoms with E-state index < -0.39 is 23.4 Å². The summed E-state index contributed by atoms with van der Waals surface area (Å²) in [4.78, 5) is 23.8. The number of hydrogen-bond donors (Lipinski definition) is 1. The third kappa shape index (κ3) is 5.89. The molecule has 0 aliphatic heterocycles. The third-order valence-corrected chi connectivity index (χ3v) is 6.69. The molecule has 9 heteroatoms. The van der Waals surface area contributed by atoms with E-state index in [4.69, 9.17) is 4.74 Å². The van der Waals surface area contributed by atoms with Gasteiger partial charge in [-0.1, -0.05) is 85.1 Å². The van der Waals surface area contributed by atoms with Crippen LogP contribution < -0.4 is 34.9 Å². The largest absolute Gasteiger partial charge is 1.00 e. The minimum absolute atomic E-state index is 0. The maximum atomic E-state index is 15.3. The zero-order chi connectivity index (χ0) is 25.3. The molecule has 0 saturated heterocycles. The number of rotatable bonds is 7. The summed E-state index contributed by atoms with van der Waals surface area (Å²) in [5.74, 6) is -0.116. The molecule has 1 aromatic heterocycles. The minimum atomic E-state index is -0.658. The van der Waals surface area contributed by atoms with Crippen LogP contribution in [0, 0.1) is 5.82 Å². The molecule has 190 valence electrons. The van der Waals surface area contributed by atoms with Crippen LogP contribution in [-0.2, 0) is 22.0 Å². The predicted octanol–water partition coefficient (Wildman–Crippen LogP) is 3.17. The Morgan fingerprint density at radius 1 is 1.05 bits per heavy atom. The molecule has 1 amide bonds. The average molecular weight is 523 g/mol. The Morgan fingerprint density at radius 3 is 2.32 bits per heavy atom. The topological polar surface area (TPSA) is 103 Å². The Hall–Kier alpha value is -3.30. The van der Waals surface area contributed by atoms with Crippen molar-refractivity contribution in [1.82, 2.24) is 9.78 Å². The van der Waals surface area contributed by atoms with Crippen molar-refractivity contribution in [3.63, 3.8) is 0 Å². The second-order valence-corrected chi connectivity index (χ2v) is 9.07. The first-order valence-electron chi connectivity index (χ1n) is 11.7. The first-order chi connectivity index (χ1) is 17.4. The second-order valence-electron chi connectivity index (χ2n) is 9.07. The first-order valence-corrected chi connectivity index (χ1v) is 11.7. The van der Waals surface area contributed by atoms with Crippen molar-refractivity contribution in [2.24, 2.45) is 7.05 Å². The van der Waals surface area contributed by atoms with Crippen LogP contribution in [0.2, 0.25) is 0 Å². The number of aryl methyl sites for hydroxylation is 1. The van der Waals surface area contributed by atoms with Gasteiger partial charge in [0.1, 0.15) is 17.7 Å². The summed E-state index contributed by atoms with van der Waals surface area (Å²) in [7, 11) is 1.66. The SMILES string of the molecule is C[C@@H](OC(=O)Nc1c(-c2ccc(-c3ccc(C4([C-]=O)CC4)cc3)cc2F)cnn1C)c1ccccc1.[Na+].[OH-]. The van der Waals surface area contributed by atoms with Crippen LogP contribution in [0.25, 0.3) is 22.3 Å². The van der Waals surface area contributed by atoms with Crippen molar-refractivity contribution in [1.29, 1.82) is 0 Å². The Bertz CT molecular complexity index is 1420. The van der Waals surface area contributed by atoms with E-state index in [9.17, 15) is 9.59 Å². The number of halogens is 1. The molecule has 1 aliphatic rings. The van der Waals surface area contributed by atoms with E-state index in [0.717, 1.165) is 29.5 Å². The maximum Gasteiger partial charge on any atom is 1.00 e.